The molecule has 0 fully saturated rings. The summed E-state index contributed by atoms with van der Waals surface area (Å²) in [5.41, 5.74) is 2.55. The number of aliphatic imine (C=N–C) groups is 1. The molecule has 0 aromatic heterocycles. The molecule has 0 saturated carbocycles. The van der Waals surface area contributed by atoms with Crippen molar-refractivity contribution in [3.05, 3.63) is 35.4 Å². The van der Waals surface area contributed by atoms with E-state index in [-0.39, 0.29) is 24.0 Å². The van der Waals surface area contributed by atoms with E-state index in [0.29, 0.717) is 0 Å². The van der Waals surface area contributed by atoms with Gasteiger partial charge in [0.25, 0.3) is 0 Å². The normalized spacial score (nSPS) is 10.6. The molecule has 0 aliphatic rings. The van der Waals surface area contributed by atoms with E-state index in [1.54, 1.807) is 7.05 Å². The number of nitrogens with zero attached hydrogens (tertiary/aromatic N) is 2. The number of halogens is 1. The molecule has 0 aliphatic heterocycles. The third kappa shape index (κ3) is 4.83. The zero-order valence-corrected chi connectivity index (χ0v) is 12.6. The summed E-state index contributed by atoms with van der Waals surface area (Å²) < 4.78 is 0. The van der Waals surface area contributed by atoms with Crippen molar-refractivity contribution in [2.24, 2.45) is 4.99 Å². The summed E-state index contributed by atoms with van der Waals surface area (Å²) in [6.07, 6.45) is 0. The Morgan fingerprint density at radius 2 is 1.81 bits per heavy atom. The Labute approximate surface area is 115 Å². The lowest BCUT2D eigenvalue weighted by Crippen LogP contribution is -2.35. The first-order valence-corrected chi connectivity index (χ1v) is 5.07. The summed E-state index contributed by atoms with van der Waals surface area (Å²) in [7, 11) is 5.74. The predicted octanol–water partition coefficient (Wildman–Crippen LogP) is 2.25. The lowest BCUT2D eigenvalue weighted by Gasteiger charge is -2.16. The molecule has 0 unspecified atom stereocenters. The van der Waals surface area contributed by atoms with E-state index in [1.165, 1.54) is 11.1 Å². The maximum Gasteiger partial charge on any atom is 0.193 e. The largest absolute Gasteiger partial charge is 0.352 e. The van der Waals surface area contributed by atoms with Gasteiger partial charge >= 0.3 is 0 Å². The monoisotopic (exact) mass is 333 g/mol. The zero-order chi connectivity index (χ0) is 11.3. The van der Waals surface area contributed by atoms with Crippen LogP contribution in [0.25, 0.3) is 0 Å². The Morgan fingerprint density at radius 3 is 2.25 bits per heavy atom. The van der Waals surface area contributed by atoms with Crippen LogP contribution in [0.4, 0.5) is 0 Å². The first-order valence-electron chi connectivity index (χ1n) is 5.07. The van der Waals surface area contributed by atoms with E-state index in [0.717, 1.165) is 12.5 Å². The molecule has 1 N–H and O–H groups in total. The minimum Gasteiger partial charge on any atom is -0.352 e. The smallest absolute Gasteiger partial charge is 0.193 e. The lowest BCUT2D eigenvalue weighted by atomic mass is 10.1. The molecule has 90 valence electrons. The SMILES string of the molecule is CN=C(NCc1ccc(C)cc1)N(C)C.I. The number of hydrogen-bond acceptors (Lipinski definition) is 1. The van der Waals surface area contributed by atoms with Gasteiger partial charge in [0.2, 0.25) is 0 Å². The third-order valence-electron chi connectivity index (χ3n) is 2.21. The second-order valence-electron chi connectivity index (χ2n) is 3.78. The van der Waals surface area contributed by atoms with Crippen LogP contribution in [-0.2, 0) is 6.54 Å². The van der Waals surface area contributed by atoms with E-state index in [2.05, 4.69) is 41.5 Å². The highest BCUT2D eigenvalue weighted by atomic mass is 127. The van der Waals surface area contributed by atoms with Gasteiger partial charge < -0.3 is 10.2 Å². The fourth-order valence-electron chi connectivity index (χ4n) is 1.32. The van der Waals surface area contributed by atoms with Crippen LogP contribution in [0, 0.1) is 6.92 Å². The second-order valence-corrected chi connectivity index (χ2v) is 3.78. The van der Waals surface area contributed by atoms with Gasteiger partial charge in [0.05, 0.1) is 0 Å². The summed E-state index contributed by atoms with van der Waals surface area (Å²) in [6.45, 7) is 2.90. The number of rotatable bonds is 2. The highest BCUT2D eigenvalue weighted by molar-refractivity contribution is 14.0. The van der Waals surface area contributed by atoms with E-state index in [9.17, 15) is 0 Å². The van der Waals surface area contributed by atoms with Crippen molar-refractivity contribution >= 4 is 29.9 Å². The van der Waals surface area contributed by atoms with Crippen molar-refractivity contribution in [3.63, 3.8) is 0 Å². The van der Waals surface area contributed by atoms with Crippen molar-refractivity contribution in [2.75, 3.05) is 21.1 Å². The molecule has 0 heterocycles. The van der Waals surface area contributed by atoms with Crippen LogP contribution in [0.1, 0.15) is 11.1 Å². The van der Waals surface area contributed by atoms with Gasteiger partial charge in [0.15, 0.2) is 5.96 Å². The number of benzene rings is 1. The summed E-state index contributed by atoms with van der Waals surface area (Å²) in [5, 5.41) is 3.28. The highest BCUT2D eigenvalue weighted by Gasteiger charge is 1.99. The fraction of sp³-hybridized carbons (Fsp3) is 0.417. The molecule has 0 atom stereocenters. The molecular weight excluding hydrogens is 313 g/mol. The molecule has 4 heteroatoms. The average Bonchev–Trinajstić information content (AvgIpc) is 2.21. The molecule has 0 bridgehead atoms. The molecule has 0 radical (unpaired) electrons. The summed E-state index contributed by atoms with van der Waals surface area (Å²) in [5.74, 6) is 0.899. The van der Waals surface area contributed by atoms with Crippen molar-refractivity contribution in [3.8, 4) is 0 Å². The van der Waals surface area contributed by atoms with Gasteiger partial charge in [-0.2, -0.15) is 0 Å². The zero-order valence-electron chi connectivity index (χ0n) is 10.3. The van der Waals surface area contributed by atoms with E-state index >= 15 is 0 Å². The van der Waals surface area contributed by atoms with Crippen LogP contribution in [0.2, 0.25) is 0 Å². The minimum atomic E-state index is 0. The summed E-state index contributed by atoms with van der Waals surface area (Å²) in [4.78, 5) is 6.12. The van der Waals surface area contributed by atoms with E-state index < -0.39 is 0 Å². The van der Waals surface area contributed by atoms with Gasteiger partial charge in [-0.3, -0.25) is 4.99 Å². The fourth-order valence-corrected chi connectivity index (χ4v) is 1.32. The van der Waals surface area contributed by atoms with Crippen molar-refractivity contribution in [1.29, 1.82) is 0 Å². The Morgan fingerprint density at radius 1 is 1.25 bits per heavy atom. The van der Waals surface area contributed by atoms with Gasteiger partial charge in [0.1, 0.15) is 0 Å². The van der Waals surface area contributed by atoms with Crippen LogP contribution < -0.4 is 5.32 Å². The molecule has 1 rings (SSSR count). The van der Waals surface area contributed by atoms with Gasteiger partial charge in [-0.15, -0.1) is 24.0 Å². The Bertz CT molecular complexity index is 331. The van der Waals surface area contributed by atoms with Gasteiger partial charge in [-0.25, -0.2) is 0 Å². The average molecular weight is 333 g/mol. The lowest BCUT2D eigenvalue weighted by molar-refractivity contribution is 0.583. The van der Waals surface area contributed by atoms with Crippen LogP contribution in [0.3, 0.4) is 0 Å². The van der Waals surface area contributed by atoms with Gasteiger partial charge in [-0.1, -0.05) is 29.8 Å². The van der Waals surface area contributed by atoms with Gasteiger partial charge in [-0.05, 0) is 12.5 Å². The van der Waals surface area contributed by atoms with E-state index in [4.69, 9.17) is 0 Å². The summed E-state index contributed by atoms with van der Waals surface area (Å²) >= 11 is 0. The van der Waals surface area contributed by atoms with Crippen LogP contribution >= 0.6 is 24.0 Å². The van der Waals surface area contributed by atoms with E-state index in [1.807, 2.05) is 19.0 Å². The number of guanidine groups is 1. The van der Waals surface area contributed by atoms with Crippen LogP contribution in [0.5, 0.6) is 0 Å². The van der Waals surface area contributed by atoms with Crippen LogP contribution in [0.15, 0.2) is 29.3 Å². The molecule has 1 aromatic rings. The quantitative estimate of drug-likeness (QED) is 0.511. The van der Waals surface area contributed by atoms with Crippen LogP contribution in [-0.4, -0.2) is 32.0 Å². The number of nitrogens with one attached hydrogen (secondary N) is 1. The first-order chi connectivity index (χ1) is 7.13. The molecule has 0 spiro atoms. The van der Waals surface area contributed by atoms with Crippen molar-refractivity contribution in [1.82, 2.24) is 10.2 Å². The number of aryl methyl sites for hydroxylation is 1. The number of hydrogen-bond donors (Lipinski definition) is 1. The standard InChI is InChI=1S/C12H19N3.HI/c1-10-5-7-11(8-6-10)9-14-12(13-2)15(3)4;/h5-8H,9H2,1-4H3,(H,13,14);1H. The maximum absolute atomic E-state index is 4.15. The molecule has 0 aliphatic carbocycles. The Balaban J connectivity index is 0.00000225. The highest BCUT2D eigenvalue weighted by Crippen LogP contribution is 2.02. The molecule has 0 saturated heterocycles. The van der Waals surface area contributed by atoms with Crippen molar-refractivity contribution < 1.29 is 0 Å². The molecule has 3 nitrogen and oxygen atoms in total. The molecule has 1 aromatic carbocycles. The second kappa shape index (κ2) is 7.49. The topological polar surface area (TPSA) is 27.6 Å². The first kappa shape index (κ1) is 15.2. The maximum atomic E-state index is 4.15. The Hall–Kier alpha value is -0.780. The van der Waals surface area contributed by atoms with Gasteiger partial charge in [0, 0.05) is 27.7 Å². The molecule has 16 heavy (non-hydrogen) atoms. The predicted molar refractivity (Wildman–Crippen MR) is 80.5 cm³/mol. The molecule has 0 amide bonds. The Kier molecular flexibility index (Phi) is 7.12. The van der Waals surface area contributed by atoms with Crippen molar-refractivity contribution in [2.45, 2.75) is 13.5 Å². The summed E-state index contributed by atoms with van der Waals surface area (Å²) in [6, 6.07) is 8.50. The third-order valence-corrected chi connectivity index (χ3v) is 2.21. The molecular formula is C12H20IN3. The minimum absolute atomic E-state index is 0.